The van der Waals surface area contributed by atoms with Gasteiger partial charge in [-0.15, -0.1) is 0 Å². The van der Waals surface area contributed by atoms with Crippen LogP contribution in [0.1, 0.15) is 28.7 Å². The summed E-state index contributed by atoms with van der Waals surface area (Å²) in [5, 5.41) is 9.68. The van der Waals surface area contributed by atoms with E-state index in [4.69, 9.17) is 4.74 Å². The predicted molar refractivity (Wildman–Crippen MR) is 102 cm³/mol. The fourth-order valence-electron chi connectivity index (χ4n) is 3.35. The number of rotatable bonds is 2. The minimum absolute atomic E-state index is 0.277. The fourth-order valence-corrected chi connectivity index (χ4v) is 3.35. The van der Waals surface area contributed by atoms with E-state index in [9.17, 15) is 5.11 Å². The summed E-state index contributed by atoms with van der Waals surface area (Å²) < 4.78 is 6.01. The Hall–Kier alpha value is -3.00. The average Bonchev–Trinajstić information content (AvgIpc) is 2.83. The predicted octanol–water partition coefficient (Wildman–Crippen LogP) is 5.44. The molecule has 25 heavy (non-hydrogen) atoms. The third-order valence-electron chi connectivity index (χ3n) is 4.62. The minimum Gasteiger partial charge on any atom is -0.508 e. The van der Waals surface area contributed by atoms with Crippen molar-refractivity contribution in [1.82, 2.24) is 0 Å². The van der Waals surface area contributed by atoms with Crippen molar-refractivity contribution in [2.45, 2.75) is 13.3 Å². The summed E-state index contributed by atoms with van der Waals surface area (Å²) in [7, 11) is 0. The van der Waals surface area contributed by atoms with Gasteiger partial charge in [0.25, 0.3) is 0 Å². The summed E-state index contributed by atoms with van der Waals surface area (Å²) in [4.78, 5) is 0. The molecule has 0 aromatic heterocycles. The molecule has 0 bridgehead atoms. The largest absolute Gasteiger partial charge is 0.508 e. The van der Waals surface area contributed by atoms with Crippen LogP contribution in [-0.4, -0.2) is 11.7 Å². The molecule has 0 saturated carbocycles. The van der Waals surface area contributed by atoms with Crippen molar-refractivity contribution in [1.29, 1.82) is 0 Å². The molecule has 1 N–H and O–H groups in total. The van der Waals surface area contributed by atoms with Gasteiger partial charge >= 0.3 is 0 Å². The Morgan fingerprint density at radius 1 is 0.800 bits per heavy atom. The molecule has 0 saturated heterocycles. The number of hydrogen-bond acceptors (Lipinski definition) is 2. The Bertz CT molecular complexity index is 919. The van der Waals surface area contributed by atoms with Crippen molar-refractivity contribution >= 4 is 11.1 Å². The van der Waals surface area contributed by atoms with Crippen LogP contribution in [0.15, 0.2) is 72.8 Å². The average molecular weight is 328 g/mol. The minimum atomic E-state index is 0.277. The first-order chi connectivity index (χ1) is 12.2. The van der Waals surface area contributed by atoms with Crippen LogP contribution in [0.25, 0.3) is 11.1 Å². The Labute approximate surface area is 148 Å². The van der Waals surface area contributed by atoms with Crippen LogP contribution in [0.5, 0.6) is 11.5 Å². The standard InChI is InChI=1S/C23H20O2/c1-16-6-8-17(9-7-16)20-14-15-25-22-5-3-2-4-21(22)23(20)18-10-12-19(24)13-11-18/h2-13,24H,14-15H2,1H3. The molecular formula is C23H20O2. The van der Waals surface area contributed by atoms with Crippen molar-refractivity contribution < 1.29 is 9.84 Å². The van der Waals surface area contributed by atoms with E-state index in [0.29, 0.717) is 6.61 Å². The molecule has 4 rings (SSSR count). The number of hydrogen-bond donors (Lipinski definition) is 1. The maximum absolute atomic E-state index is 9.68. The third-order valence-corrected chi connectivity index (χ3v) is 4.62. The van der Waals surface area contributed by atoms with Gasteiger partial charge < -0.3 is 9.84 Å². The number of para-hydroxylation sites is 1. The van der Waals surface area contributed by atoms with Gasteiger partial charge in [-0.25, -0.2) is 0 Å². The summed E-state index contributed by atoms with van der Waals surface area (Å²) in [5.74, 6) is 1.19. The summed E-state index contributed by atoms with van der Waals surface area (Å²) in [6, 6.07) is 24.3. The van der Waals surface area contributed by atoms with E-state index in [1.807, 2.05) is 30.3 Å². The molecule has 0 radical (unpaired) electrons. The first-order valence-electron chi connectivity index (χ1n) is 8.54. The molecule has 124 valence electrons. The zero-order chi connectivity index (χ0) is 17.2. The van der Waals surface area contributed by atoms with E-state index < -0.39 is 0 Å². The van der Waals surface area contributed by atoms with E-state index in [1.54, 1.807) is 12.1 Å². The van der Waals surface area contributed by atoms with Crippen molar-refractivity contribution in [3.8, 4) is 11.5 Å². The lowest BCUT2D eigenvalue weighted by atomic mass is 9.88. The van der Waals surface area contributed by atoms with Crippen LogP contribution in [0.2, 0.25) is 0 Å². The molecule has 3 aromatic rings. The highest BCUT2D eigenvalue weighted by Crippen LogP contribution is 2.41. The molecule has 3 aromatic carbocycles. The van der Waals surface area contributed by atoms with Gasteiger partial charge in [-0.3, -0.25) is 0 Å². The van der Waals surface area contributed by atoms with E-state index in [2.05, 4.69) is 37.3 Å². The molecule has 2 heteroatoms. The van der Waals surface area contributed by atoms with E-state index >= 15 is 0 Å². The lowest BCUT2D eigenvalue weighted by Crippen LogP contribution is -1.96. The quantitative estimate of drug-likeness (QED) is 0.678. The Morgan fingerprint density at radius 2 is 1.48 bits per heavy atom. The number of benzene rings is 3. The van der Waals surface area contributed by atoms with Gasteiger partial charge in [0.2, 0.25) is 0 Å². The fraction of sp³-hybridized carbons (Fsp3) is 0.130. The Balaban J connectivity index is 1.99. The highest BCUT2D eigenvalue weighted by Gasteiger charge is 2.20. The monoisotopic (exact) mass is 328 g/mol. The van der Waals surface area contributed by atoms with Gasteiger partial charge in [-0.05, 0) is 47.4 Å². The molecule has 1 heterocycles. The van der Waals surface area contributed by atoms with Crippen LogP contribution >= 0.6 is 0 Å². The third kappa shape index (κ3) is 3.03. The lowest BCUT2D eigenvalue weighted by molar-refractivity contribution is 0.328. The molecule has 1 aliphatic rings. The maximum atomic E-state index is 9.68. The second kappa shape index (κ2) is 6.48. The van der Waals surface area contributed by atoms with E-state index in [0.717, 1.165) is 23.3 Å². The number of ether oxygens (including phenoxy) is 1. The van der Waals surface area contributed by atoms with E-state index in [-0.39, 0.29) is 5.75 Å². The SMILES string of the molecule is Cc1ccc(C2=C(c3ccc(O)cc3)c3ccccc3OCC2)cc1. The Morgan fingerprint density at radius 3 is 2.24 bits per heavy atom. The van der Waals surface area contributed by atoms with Crippen molar-refractivity contribution in [2.24, 2.45) is 0 Å². The topological polar surface area (TPSA) is 29.5 Å². The summed E-state index contributed by atoms with van der Waals surface area (Å²) in [5.41, 5.74) is 7.11. The first kappa shape index (κ1) is 15.5. The van der Waals surface area contributed by atoms with Gasteiger partial charge in [-0.1, -0.05) is 60.2 Å². The van der Waals surface area contributed by atoms with Gasteiger partial charge in [0, 0.05) is 12.0 Å². The summed E-state index contributed by atoms with van der Waals surface area (Å²) in [6.45, 7) is 2.76. The van der Waals surface area contributed by atoms with Crippen LogP contribution in [-0.2, 0) is 0 Å². The highest BCUT2D eigenvalue weighted by atomic mass is 16.5. The summed E-state index contributed by atoms with van der Waals surface area (Å²) in [6.07, 6.45) is 0.841. The smallest absolute Gasteiger partial charge is 0.127 e. The summed E-state index contributed by atoms with van der Waals surface area (Å²) >= 11 is 0. The number of phenolic OH excluding ortho intramolecular Hbond substituents is 1. The van der Waals surface area contributed by atoms with Crippen molar-refractivity contribution in [3.63, 3.8) is 0 Å². The molecule has 0 spiro atoms. The van der Waals surface area contributed by atoms with Gasteiger partial charge in [0.05, 0.1) is 6.61 Å². The molecule has 0 unspecified atom stereocenters. The number of phenols is 1. The normalized spacial score (nSPS) is 13.8. The maximum Gasteiger partial charge on any atom is 0.127 e. The molecule has 0 atom stereocenters. The van der Waals surface area contributed by atoms with Gasteiger partial charge in [0.15, 0.2) is 0 Å². The second-order valence-electron chi connectivity index (χ2n) is 6.36. The zero-order valence-electron chi connectivity index (χ0n) is 14.2. The molecule has 0 aliphatic carbocycles. The molecule has 2 nitrogen and oxygen atoms in total. The van der Waals surface area contributed by atoms with Crippen LogP contribution in [0.3, 0.4) is 0 Å². The molecule has 1 aliphatic heterocycles. The molecular weight excluding hydrogens is 308 g/mol. The van der Waals surface area contributed by atoms with Crippen molar-refractivity contribution in [3.05, 3.63) is 95.1 Å². The molecule has 0 fully saturated rings. The lowest BCUT2D eigenvalue weighted by Gasteiger charge is -2.15. The zero-order valence-corrected chi connectivity index (χ0v) is 14.2. The number of aryl methyl sites for hydroxylation is 1. The van der Waals surface area contributed by atoms with Crippen LogP contribution < -0.4 is 4.74 Å². The van der Waals surface area contributed by atoms with Crippen LogP contribution in [0.4, 0.5) is 0 Å². The first-order valence-corrected chi connectivity index (χ1v) is 8.54. The van der Waals surface area contributed by atoms with Crippen molar-refractivity contribution in [2.75, 3.05) is 6.61 Å². The number of fused-ring (bicyclic) bond motifs is 1. The highest BCUT2D eigenvalue weighted by molar-refractivity contribution is 6.00. The Kier molecular flexibility index (Phi) is 4.02. The van der Waals surface area contributed by atoms with Gasteiger partial charge in [0.1, 0.15) is 11.5 Å². The second-order valence-corrected chi connectivity index (χ2v) is 6.36. The number of aromatic hydroxyl groups is 1. The van der Waals surface area contributed by atoms with Crippen LogP contribution in [0, 0.1) is 6.92 Å². The van der Waals surface area contributed by atoms with E-state index in [1.165, 1.54) is 22.3 Å². The van der Waals surface area contributed by atoms with Gasteiger partial charge in [-0.2, -0.15) is 0 Å². The molecule has 0 amide bonds.